The molecule has 0 aliphatic carbocycles. The number of allylic oxidation sites excluding steroid dienone is 1. The minimum absolute atomic E-state index is 0.120. The van der Waals surface area contributed by atoms with Crippen LogP contribution >= 0.6 is 0 Å². The highest BCUT2D eigenvalue weighted by molar-refractivity contribution is 6.10. The largest absolute Gasteiger partial charge is 0.437 e. The fraction of sp³-hybridized carbons (Fsp3) is 0.308. The molecule has 0 spiro atoms. The molecule has 0 aromatic heterocycles. The molecule has 2 aromatic carbocycles. The van der Waals surface area contributed by atoms with E-state index in [1.165, 1.54) is 12.1 Å². The smallest absolute Gasteiger partial charge is 0.411 e. The van der Waals surface area contributed by atoms with Crippen LogP contribution in [0.2, 0.25) is 0 Å². The molecule has 1 fully saturated rings. The van der Waals surface area contributed by atoms with Crippen LogP contribution in [0.5, 0.6) is 0 Å². The number of halogens is 1. The molecule has 2 heterocycles. The van der Waals surface area contributed by atoms with Crippen molar-refractivity contribution >= 4 is 17.9 Å². The lowest BCUT2D eigenvalue weighted by Crippen LogP contribution is -2.48. The Morgan fingerprint density at radius 1 is 1.23 bits per heavy atom. The Kier molecular flexibility index (Phi) is 6.03. The lowest BCUT2D eigenvalue weighted by atomic mass is 9.85. The maximum absolute atomic E-state index is 13.4. The van der Waals surface area contributed by atoms with Gasteiger partial charge in [-0.15, -0.1) is 6.58 Å². The van der Waals surface area contributed by atoms with E-state index < -0.39 is 5.60 Å². The molecule has 1 amide bonds. The van der Waals surface area contributed by atoms with Crippen LogP contribution in [0.15, 0.2) is 72.3 Å². The Bertz CT molecular complexity index is 1010. The predicted molar refractivity (Wildman–Crippen MR) is 122 cm³/mol. The van der Waals surface area contributed by atoms with Crippen LogP contribution in [0.1, 0.15) is 48.9 Å². The van der Waals surface area contributed by atoms with E-state index in [-0.39, 0.29) is 18.0 Å². The number of hydrogen-bond acceptors (Lipinski definition) is 3. The van der Waals surface area contributed by atoms with E-state index in [0.717, 1.165) is 35.2 Å². The standard InChI is InChI=1S/C26H27FN2O2/c1-3-14-26(23-10-12-24(27)13-11-23)15-17-29(25(30)31-26)19(2)20-6-8-21(9-7-20)22-5-4-16-28-18-22/h3,5-13,18-19H,1,4,14-17H2,2H3. The first-order chi connectivity index (χ1) is 15.0. The summed E-state index contributed by atoms with van der Waals surface area (Å²) in [6.07, 6.45) is 7.55. The van der Waals surface area contributed by atoms with Crippen LogP contribution in [-0.4, -0.2) is 30.3 Å². The Balaban J connectivity index is 1.50. The Hall–Kier alpha value is -3.21. The average Bonchev–Trinajstić information content (AvgIpc) is 2.80. The number of ether oxygens (including phenoxy) is 1. The van der Waals surface area contributed by atoms with Crippen molar-refractivity contribution in [3.8, 4) is 0 Å². The van der Waals surface area contributed by atoms with E-state index in [9.17, 15) is 9.18 Å². The molecular formula is C26H27FN2O2. The van der Waals surface area contributed by atoms with Crippen molar-refractivity contribution in [3.05, 3.63) is 89.8 Å². The molecule has 5 heteroatoms. The number of aliphatic imine (C=N–C) groups is 1. The van der Waals surface area contributed by atoms with Gasteiger partial charge in [0.15, 0.2) is 0 Å². The molecule has 2 aliphatic rings. The number of nitrogens with zero attached hydrogens (tertiary/aromatic N) is 2. The van der Waals surface area contributed by atoms with Gasteiger partial charge < -0.3 is 9.64 Å². The maximum Gasteiger partial charge on any atom is 0.411 e. The van der Waals surface area contributed by atoms with E-state index in [2.05, 4.69) is 41.9 Å². The van der Waals surface area contributed by atoms with Crippen LogP contribution in [0.25, 0.3) is 5.57 Å². The zero-order chi connectivity index (χ0) is 21.8. The van der Waals surface area contributed by atoms with Gasteiger partial charge >= 0.3 is 6.09 Å². The van der Waals surface area contributed by atoms with E-state index >= 15 is 0 Å². The second-order valence-electron chi connectivity index (χ2n) is 8.09. The van der Waals surface area contributed by atoms with Gasteiger partial charge in [0.25, 0.3) is 0 Å². The third-order valence-electron chi connectivity index (χ3n) is 6.16. The zero-order valence-corrected chi connectivity index (χ0v) is 17.8. The lowest BCUT2D eigenvalue weighted by Gasteiger charge is -2.43. The van der Waals surface area contributed by atoms with E-state index in [1.807, 2.05) is 13.1 Å². The van der Waals surface area contributed by atoms with Crippen molar-refractivity contribution in [1.29, 1.82) is 0 Å². The summed E-state index contributed by atoms with van der Waals surface area (Å²) in [6, 6.07) is 14.3. The normalized spacial score (nSPS) is 21.9. The molecule has 2 unspecified atom stereocenters. The van der Waals surface area contributed by atoms with Crippen LogP contribution in [0.3, 0.4) is 0 Å². The molecule has 1 saturated heterocycles. The summed E-state index contributed by atoms with van der Waals surface area (Å²) in [5.41, 5.74) is 3.30. The third kappa shape index (κ3) is 4.31. The second kappa shape index (κ2) is 8.88. The van der Waals surface area contributed by atoms with Gasteiger partial charge in [-0.25, -0.2) is 9.18 Å². The van der Waals surface area contributed by atoms with Gasteiger partial charge in [0.2, 0.25) is 0 Å². The number of dihydropyridines is 1. The van der Waals surface area contributed by atoms with Crippen molar-refractivity contribution in [1.82, 2.24) is 4.90 Å². The van der Waals surface area contributed by atoms with Gasteiger partial charge in [-0.3, -0.25) is 4.99 Å². The molecule has 0 bridgehead atoms. The van der Waals surface area contributed by atoms with Crippen LogP contribution < -0.4 is 0 Å². The van der Waals surface area contributed by atoms with Crippen LogP contribution in [0.4, 0.5) is 9.18 Å². The quantitative estimate of drug-likeness (QED) is 0.535. The fourth-order valence-corrected chi connectivity index (χ4v) is 4.31. The van der Waals surface area contributed by atoms with Gasteiger partial charge in [0.1, 0.15) is 11.4 Å². The number of rotatable bonds is 6. The summed E-state index contributed by atoms with van der Waals surface area (Å²) < 4.78 is 19.4. The molecule has 2 aliphatic heterocycles. The number of carbonyl (C=O) groups is 1. The molecular weight excluding hydrogens is 391 g/mol. The zero-order valence-electron chi connectivity index (χ0n) is 17.8. The molecule has 31 heavy (non-hydrogen) atoms. The third-order valence-corrected chi connectivity index (χ3v) is 6.16. The van der Waals surface area contributed by atoms with Crippen molar-refractivity contribution in [2.75, 3.05) is 13.1 Å². The van der Waals surface area contributed by atoms with Crippen LogP contribution in [-0.2, 0) is 10.3 Å². The first-order valence-electron chi connectivity index (χ1n) is 10.7. The van der Waals surface area contributed by atoms with E-state index in [4.69, 9.17) is 4.74 Å². The Morgan fingerprint density at radius 2 is 1.97 bits per heavy atom. The van der Waals surface area contributed by atoms with Gasteiger partial charge in [-0.2, -0.15) is 0 Å². The predicted octanol–water partition coefficient (Wildman–Crippen LogP) is 6.06. The van der Waals surface area contributed by atoms with Crippen molar-refractivity contribution in [2.45, 2.75) is 37.8 Å². The number of cyclic esters (lactones) is 1. The highest BCUT2D eigenvalue weighted by Crippen LogP contribution is 2.40. The van der Waals surface area contributed by atoms with Crippen molar-refractivity contribution in [2.24, 2.45) is 4.99 Å². The van der Waals surface area contributed by atoms with Gasteiger partial charge in [0.05, 0.1) is 6.04 Å². The SMILES string of the molecule is C=CCC1(c2ccc(F)cc2)CCN(C(C)c2ccc(C3=CCCN=C3)cc2)C(=O)O1. The summed E-state index contributed by atoms with van der Waals surface area (Å²) >= 11 is 0. The number of amides is 1. The lowest BCUT2D eigenvalue weighted by molar-refractivity contribution is -0.0588. The molecule has 2 aromatic rings. The highest BCUT2D eigenvalue weighted by Gasteiger charge is 2.42. The molecule has 160 valence electrons. The highest BCUT2D eigenvalue weighted by atomic mass is 19.1. The monoisotopic (exact) mass is 418 g/mol. The summed E-state index contributed by atoms with van der Waals surface area (Å²) in [5, 5.41) is 0. The number of carbonyl (C=O) groups excluding carboxylic acids is 1. The molecule has 2 atom stereocenters. The fourth-order valence-electron chi connectivity index (χ4n) is 4.31. The Labute approximate surface area is 182 Å². The summed E-state index contributed by atoms with van der Waals surface area (Å²) in [7, 11) is 0. The van der Waals surface area contributed by atoms with E-state index in [1.54, 1.807) is 23.1 Å². The average molecular weight is 419 g/mol. The molecule has 4 rings (SSSR count). The van der Waals surface area contributed by atoms with Crippen LogP contribution in [0, 0.1) is 5.82 Å². The number of benzene rings is 2. The van der Waals surface area contributed by atoms with Crippen molar-refractivity contribution < 1.29 is 13.9 Å². The second-order valence-corrected chi connectivity index (χ2v) is 8.09. The van der Waals surface area contributed by atoms with Gasteiger partial charge in [0, 0.05) is 32.1 Å². The molecule has 0 saturated carbocycles. The molecule has 0 N–H and O–H groups in total. The topological polar surface area (TPSA) is 41.9 Å². The first-order valence-corrected chi connectivity index (χ1v) is 10.7. The minimum Gasteiger partial charge on any atom is -0.437 e. The van der Waals surface area contributed by atoms with Gasteiger partial charge in [-0.1, -0.05) is 48.6 Å². The minimum atomic E-state index is -0.806. The Morgan fingerprint density at radius 3 is 2.58 bits per heavy atom. The van der Waals surface area contributed by atoms with Gasteiger partial charge in [-0.05, 0) is 47.7 Å². The van der Waals surface area contributed by atoms with E-state index in [0.29, 0.717) is 19.4 Å². The molecule has 4 nitrogen and oxygen atoms in total. The summed E-state index contributed by atoms with van der Waals surface area (Å²) in [4.78, 5) is 19.1. The first kappa shape index (κ1) is 21.0. The van der Waals surface area contributed by atoms with Crippen molar-refractivity contribution in [3.63, 3.8) is 0 Å². The summed E-state index contributed by atoms with van der Waals surface area (Å²) in [6.45, 7) is 7.23. The maximum atomic E-state index is 13.4. The molecule has 0 radical (unpaired) electrons. The summed E-state index contributed by atoms with van der Waals surface area (Å²) in [5.74, 6) is -0.311. The number of hydrogen-bond donors (Lipinski definition) is 0.